The van der Waals surface area contributed by atoms with E-state index in [4.69, 9.17) is 0 Å². The van der Waals surface area contributed by atoms with Crippen LogP contribution < -0.4 is 5.32 Å². The van der Waals surface area contributed by atoms with Crippen LogP contribution in [-0.2, 0) is 9.53 Å². The third-order valence-corrected chi connectivity index (χ3v) is 3.06. The second kappa shape index (κ2) is 7.53. The van der Waals surface area contributed by atoms with Crippen molar-refractivity contribution in [1.29, 1.82) is 0 Å². The van der Waals surface area contributed by atoms with E-state index in [0.29, 0.717) is 5.56 Å². The number of ether oxygens (including phenoxy) is 1. The molecule has 7 heteroatoms. The number of carbonyl (C=O) groups excluding carboxylic acids is 2. The first-order valence-electron chi connectivity index (χ1n) is 6.99. The van der Waals surface area contributed by atoms with Gasteiger partial charge in [-0.25, -0.2) is 4.79 Å². The molecule has 0 spiro atoms. The van der Waals surface area contributed by atoms with Gasteiger partial charge in [-0.3, -0.25) is 4.79 Å². The number of alkyl halides is 3. The van der Waals surface area contributed by atoms with Crippen LogP contribution in [0.5, 0.6) is 0 Å². The number of nitrogens with one attached hydrogen (secondary N) is 1. The van der Waals surface area contributed by atoms with E-state index in [9.17, 15) is 22.8 Å². The van der Waals surface area contributed by atoms with Crippen LogP contribution in [-0.4, -0.2) is 25.2 Å². The van der Waals surface area contributed by atoms with E-state index >= 15 is 0 Å². The van der Waals surface area contributed by atoms with Gasteiger partial charge in [0, 0.05) is 11.1 Å². The molecule has 25 heavy (non-hydrogen) atoms. The molecule has 4 nitrogen and oxygen atoms in total. The number of halogens is 3. The van der Waals surface area contributed by atoms with E-state index in [1.807, 2.05) is 0 Å². The molecule has 0 fully saturated rings. The first-order valence-corrected chi connectivity index (χ1v) is 6.99. The third-order valence-electron chi connectivity index (χ3n) is 3.06. The van der Waals surface area contributed by atoms with Crippen LogP contribution >= 0.6 is 0 Å². The van der Waals surface area contributed by atoms with Crippen LogP contribution in [0.25, 0.3) is 0 Å². The highest BCUT2D eigenvalue weighted by molar-refractivity contribution is 5.97. The quantitative estimate of drug-likeness (QED) is 0.669. The van der Waals surface area contributed by atoms with Crippen molar-refractivity contribution in [2.24, 2.45) is 0 Å². The standard InChI is InChI=1S/C18H12F3NO3/c1-25-16(23)14-9-10-15(22-17(24)18(19,20)21)13(11-14)8-7-12-5-3-2-4-6-12/h2-6,9-11H,1H3,(H,22,24). The number of amides is 1. The van der Waals surface area contributed by atoms with E-state index in [0.717, 1.165) is 0 Å². The molecule has 2 rings (SSSR count). The Morgan fingerprint density at radius 1 is 1.04 bits per heavy atom. The fourth-order valence-electron chi connectivity index (χ4n) is 1.86. The monoisotopic (exact) mass is 347 g/mol. The van der Waals surface area contributed by atoms with Crippen LogP contribution in [0.2, 0.25) is 0 Å². The molecular formula is C18H12F3NO3. The highest BCUT2D eigenvalue weighted by atomic mass is 19.4. The molecule has 0 saturated heterocycles. The van der Waals surface area contributed by atoms with Crippen molar-refractivity contribution in [3.63, 3.8) is 0 Å². The van der Waals surface area contributed by atoms with Crippen LogP contribution in [0.4, 0.5) is 18.9 Å². The maximum atomic E-state index is 12.5. The number of hydrogen-bond acceptors (Lipinski definition) is 3. The molecule has 0 aliphatic heterocycles. The van der Waals surface area contributed by atoms with E-state index in [1.54, 1.807) is 35.6 Å². The van der Waals surface area contributed by atoms with Crippen molar-refractivity contribution >= 4 is 17.6 Å². The Kier molecular flexibility index (Phi) is 5.45. The fourth-order valence-corrected chi connectivity index (χ4v) is 1.86. The minimum atomic E-state index is -5.04. The smallest absolute Gasteiger partial charge is 0.465 e. The highest BCUT2D eigenvalue weighted by Gasteiger charge is 2.39. The van der Waals surface area contributed by atoms with Crippen LogP contribution in [0.1, 0.15) is 21.5 Å². The molecule has 0 heterocycles. The Labute approximate surface area is 141 Å². The summed E-state index contributed by atoms with van der Waals surface area (Å²) in [6, 6.07) is 12.4. The summed E-state index contributed by atoms with van der Waals surface area (Å²) in [7, 11) is 1.18. The predicted octanol–water partition coefficient (Wildman–Crippen LogP) is 3.37. The summed E-state index contributed by atoms with van der Waals surface area (Å²) < 4.78 is 41.9. The lowest BCUT2D eigenvalue weighted by Gasteiger charge is -2.10. The molecule has 1 amide bonds. The number of carbonyl (C=O) groups is 2. The lowest BCUT2D eigenvalue weighted by atomic mass is 10.1. The van der Waals surface area contributed by atoms with Crippen molar-refractivity contribution in [1.82, 2.24) is 0 Å². The van der Waals surface area contributed by atoms with Crippen LogP contribution in [0.15, 0.2) is 48.5 Å². The largest absolute Gasteiger partial charge is 0.471 e. The van der Waals surface area contributed by atoms with Gasteiger partial charge in [-0.15, -0.1) is 0 Å². The zero-order valence-corrected chi connectivity index (χ0v) is 13.0. The lowest BCUT2D eigenvalue weighted by molar-refractivity contribution is -0.167. The number of esters is 1. The van der Waals surface area contributed by atoms with E-state index in [1.165, 1.54) is 25.3 Å². The van der Waals surface area contributed by atoms with Gasteiger partial charge in [0.1, 0.15) is 0 Å². The molecule has 1 N–H and O–H groups in total. The molecule has 0 radical (unpaired) electrons. The topological polar surface area (TPSA) is 55.4 Å². The van der Waals surface area contributed by atoms with Crippen molar-refractivity contribution in [2.75, 3.05) is 12.4 Å². The summed E-state index contributed by atoms with van der Waals surface area (Å²) in [6.07, 6.45) is -5.04. The van der Waals surface area contributed by atoms with Gasteiger partial charge in [-0.2, -0.15) is 13.2 Å². The lowest BCUT2D eigenvalue weighted by Crippen LogP contribution is -2.30. The van der Waals surface area contributed by atoms with Gasteiger partial charge in [0.2, 0.25) is 0 Å². The maximum absolute atomic E-state index is 12.5. The first-order chi connectivity index (χ1) is 11.8. The van der Waals surface area contributed by atoms with Crippen molar-refractivity contribution in [3.8, 4) is 11.8 Å². The average molecular weight is 347 g/mol. The van der Waals surface area contributed by atoms with Gasteiger partial charge in [-0.05, 0) is 30.3 Å². The summed E-state index contributed by atoms with van der Waals surface area (Å²) in [6.45, 7) is 0. The van der Waals surface area contributed by atoms with Gasteiger partial charge >= 0.3 is 18.1 Å². The highest BCUT2D eigenvalue weighted by Crippen LogP contribution is 2.22. The average Bonchev–Trinajstić information content (AvgIpc) is 2.60. The zero-order chi connectivity index (χ0) is 18.4. The second-order valence-corrected chi connectivity index (χ2v) is 4.82. The summed E-state index contributed by atoms with van der Waals surface area (Å²) in [5.74, 6) is 2.63. The fraction of sp³-hybridized carbons (Fsp3) is 0.111. The maximum Gasteiger partial charge on any atom is 0.471 e. The number of hydrogen-bond donors (Lipinski definition) is 1. The molecule has 0 aliphatic carbocycles. The van der Waals surface area contributed by atoms with Crippen molar-refractivity contribution in [2.45, 2.75) is 6.18 Å². The number of methoxy groups -OCH3 is 1. The molecule has 2 aromatic rings. The summed E-state index contributed by atoms with van der Waals surface area (Å²) in [5.41, 5.74) is 0.631. The molecule has 0 atom stereocenters. The van der Waals surface area contributed by atoms with E-state index < -0.39 is 18.1 Å². The molecule has 128 valence electrons. The Hall–Kier alpha value is -3.27. The SMILES string of the molecule is COC(=O)c1ccc(NC(=O)C(F)(F)F)c(C#Cc2ccccc2)c1. The van der Waals surface area contributed by atoms with E-state index in [-0.39, 0.29) is 16.8 Å². The molecule has 0 aromatic heterocycles. The van der Waals surface area contributed by atoms with Crippen molar-refractivity contribution < 1.29 is 27.5 Å². The Morgan fingerprint density at radius 3 is 2.32 bits per heavy atom. The summed E-state index contributed by atoms with van der Waals surface area (Å²) >= 11 is 0. The molecule has 0 aliphatic rings. The van der Waals surface area contributed by atoms with Gasteiger partial charge in [0.15, 0.2) is 0 Å². The molecule has 2 aromatic carbocycles. The normalized spacial score (nSPS) is 10.4. The molecule has 0 bridgehead atoms. The number of anilines is 1. The minimum Gasteiger partial charge on any atom is -0.465 e. The number of benzene rings is 2. The number of rotatable bonds is 2. The first kappa shape index (κ1) is 18.1. The van der Waals surface area contributed by atoms with Crippen LogP contribution in [0, 0.1) is 11.8 Å². The Morgan fingerprint density at radius 2 is 1.72 bits per heavy atom. The van der Waals surface area contributed by atoms with Gasteiger partial charge in [-0.1, -0.05) is 30.0 Å². The molecule has 0 saturated carbocycles. The van der Waals surface area contributed by atoms with Gasteiger partial charge in [0.05, 0.1) is 18.4 Å². The summed E-state index contributed by atoms with van der Waals surface area (Å²) in [4.78, 5) is 22.8. The molecular weight excluding hydrogens is 335 g/mol. The molecule has 0 unspecified atom stereocenters. The zero-order valence-electron chi connectivity index (χ0n) is 13.0. The Bertz CT molecular complexity index is 849. The van der Waals surface area contributed by atoms with Crippen molar-refractivity contribution in [3.05, 3.63) is 65.2 Å². The van der Waals surface area contributed by atoms with Gasteiger partial charge in [0.25, 0.3) is 0 Å². The Balaban J connectivity index is 2.43. The van der Waals surface area contributed by atoms with E-state index in [2.05, 4.69) is 16.6 Å². The minimum absolute atomic E-state index is 0.0596. The third kappa shape index (κ3) is 4.85. The summed E-state index contributed by atoms with van der Waals surface area (Å²) in [5, 5.41) is 1.75. The van der Waals surface area contributed by atoms with Gasteiger partial charge < -0.3 is 10.1 Å². The van der Waals surface area contributed by atoms with Crippen LogP contribution in [0.3, 0.4) is 0 Å². The predicted molar refractivity (Wildman–Crippen MR) is 84.9 cm³/mol. The second-order valence-electron chi connectivity index (χ2n) is 4.82.